The zero-order chi connectivity index (χ0) is 31.0. The third-order valence-corrected chi connectivity index (χ3v) is 8.32. The lowest BCUT2D eigenvalue weighted by molar-refractivity contribution is 1.24. The summed E-state index contributed by atoms with van der Waals surface area (Å²) in [5.74, 6) is 0. The molecule has 212 valence electrons. The van der Waals surface area contributed by atoms with Crippen molar-refractivity contribution < 1.29 is 0 Å². The highest BCUT2D eigenvalue weighted by atomic mass is 14.8. The van der Waals surface area contributed by atoms with E-state index in [0.29, 0.717) is 33.9 Å². The molecule has 0 aliphatic rings. The van der Waals surface area contributed by atoms with Gasteiger partial charge in [0.25, 0.3) is 0 Å². The number of nitriles is 2. The van der Waals surface area contributed by atoms with Crippen LogP contribution in [0.15, 0.2) is 134 Å². The Kier molecular flexibility index (Phi) is 6.45. The Morgan fingerprint density at radius 3 is 1.54 bits per heavy atom. The number of pyridine rings is 4. The van der Waals surface area contributed by atoms with Crippen molar-refractivity contribution in [3.63, 3.8) is 0 Å². The van der Waals surface area contributed by atoms with E-state index in [4.69, 9.17) is 9.97 Å². The Morgan fingerprint density at radius 1 is 0.435 bits per heavy atom. The Bertz CT molecular complexity index is 2540. The van der Waals surface area contributed by atoms with Gasteiger partial charge < -0.3 is 0 Å². The smallest absolute Gasteiger partial charge is 0.0992 e. The van der Waals surface area contributed by atoms with Gasteiger partial charge in [-0.25, -0.2) is 0 Å². The van der Waals surface area contributed by atoms with Crippen LogP contribution in [0.3, 0.4) is 0 Å². The summed E-state index contributed by atoms with van der Waals surface area (Å²) in [5.41, 5.74) is 8.00. The summed E-state index contributed by atoms with van der Waals surface area (Å²) in [5, 5.41) is 25.5. The molecule has 0 aliphatic heterocycles. The number of nitrogens with zero attached hydrogens (tertiary/aromatic N) is 6. The molecule has 8 aromatic rings. The Hall–Kier alpha value is -6.76. The van der Waals surface area contributed by atoms with Gasteiger partial charge in [-0.05, 0) is 79.8 Å². The van der Waals surface area contributed by atoms with Crippen LogP contribution in [0.1, 0.15) is 11.1 Å². The summed E-state index contributed by atoms with van der Waals surface area (Å²) in [6, 6.07) is 40.6. The number of hydrogen-bond donors (Lipinski definition) is 0. The van der Waals surface area contributed by atoms with Crippen LogP contribution in [0.4, 0.5) is 0 Å². The third-order valence-electron chi connectivity index (χ3n) is 8.32. The molecule has 0 unspecified atom stereocenters. The minimum atomic E-state index is 0.546. The Morgan fingerprint density at radius 2 is 0.978 bits per heavy atom. The van der Waals surface area contributed by atoms with Gasteiger partial charge in [0, 0.05) is 35.9 Å². The minimum Gasteiger partial charge on any atom is -0.255 e. The van der Waals surface area contributed by atoms with Gasteiger partial charge in [0.05, 0.1) is 46.0 Å². The summed E-state index contributed by atoms with van der Waals surface area (Å²) in [6.07, 6.45) is 7.06. The number of hydrogen-bond acceptors (Lipinski definition) is 6. The molecule has 4 aromatic heterocycles. The largest absolute Gasteiger partial charge is 0.255 e. The highest BCUT2D eigenvalue weighted by molar-refractivity contribution is 6.27. The van der Waals surface area contributed by atoms with Gasteiger partial charge in [-0.2, -0.15) is 10.5 Å². The maximum absolute atomic E-state index is 9.36. The maximum atomic E-state index is 9.36. The normalized spacial score (nSPS) is 11.0. The molecule has 0 radical (unpaired) electrons. The molecule has 0 aliphatic carbocycles. The minimum absolute atomic E-state index is 0.546. The average molecular weight is 587 g/mol. The highest BCUT2D eigenvalue weighted by Gasteiger charge is 2.19. The van der Waals surface area contributed by atoms with Gasteiger partial charge in [0.1, 0.15) is 0 Å². The van der Waals surface area contributed by atoms with Crippen LogP contribution in [0.5, 0.6) is 0 Å². The fourth-order valence-corrected chi connectivity index (χ4v) is 6.23. The van der Waals surface area contributed by atoms with Crippen molar-refractivity contribution in [1.82, 2.24) is 19.9 Å². The van der Waals surface area contributed by atoms with E-state index in [1.54, 1.807) is 36.7 Å². The first-order chi connectivity index (χ1) is 22.7. The van der Waals surface area contributed by atoms with E-state index in [-0.39, 0.29) is 0 Å². The fraction of sp³-hybridized carbons (Fsp3) is 0. The van der Waals surface area contributed by atoms with Crippen LogP contribution in [-0.2, 0) is 0 Å². The first kappa shape index (κ1) is 26.8. The van der Waals surface area contributed by atoms with E-state index in [1.165, 1.54) is 0 Å². The van der Waals surface area contributed by atoms with E-state index in [2.05, 4.69) is 94.9 Å². The first-order valence-corrected chi connectivity index (χ1v) is 14.7. The van der Waals surface area contributed by atoms with E-state index in [9.17, 15) is 10.5 Å². The third kappa shape index (κ3) is 4.50. The van der Waals surface area contributed by atoms with E-state index < -0.39 is 0 Å². The van der Waals surface area contributed by atoms with Crippen LogP contribution in [0.25, 0.3) is 77.3 Å². The van der Waals surface area contributed by atoms with Crippen molar-refractivity contribution in [3.05, 3.63) is 145 Å². The molecular formula is C40H22N6. The molecule has 0 saturated heterocycles. The van der Waals surface area contributed by atoms with E-state index >= 15 is 0 Å². The van der Waals surface area contributed by atoms with Crippen molar-refractivity contribution in [1.29, 1.82) is 10.5 Å². The predicted octanol–water partition coefficient (Wildman–Crippen LogP) is 9.14. The van der Waals surface area contributed by atoms with Crippen molar-refractivity contribution in [2.24, 2.45) is 0 Å². The molecule has 6 nitrogen and oxygen atoms in total. The Balaban J connectivity index is 1.37. The molecule has 0 fully saturated rings. The summed E-state index contributed by atoms with van der Waals surface area (Å²) in [6.45, 7) is 0. The van der Waals surface area contributed by atoms with Gasteiger partial charge >= 0.3 is 0 Å². The summed E-state index contributed by atoms with van der Waals surface area (Å²) in [4.78, 5) is 18.5. The van der Waals surface area contributed by atoms with Crippen LogP contribution in [0, 0.1) is 22.7 Å². The van der Waals surface area contributed by atoms with Gasteiger partial charge in [-0.15, -0.1) is 0 Å². The zero-order valence-corrected chi connectivity index (χ0v) is 24.4. The Labute approximate surface area is 264 Å². The van der Waals surface area contributed by atoms with Gasteiger partial charge in [0.2, 0.25) is 0 Å². The van der Waals surface area contributed by atoms with Crippen LogP contribution >= 0.6 is 0 Å². The lowest BCUT2D eigenvalue weighted by Crippen LogP contribution is -1.94. The second-order valence-corrected chi connectivity index (χ2v) is 11.0. The quantitative estimate of drug-likeness (QED) is 0.151. The van der Waals surface area contributed by atoms with Gasteiger partial charge in [0.15, 0.2) is 0 Å². The zero-order valence-electron chi connectivity index (χ0n) is 24.4. The number of aromatic nitrogens is 4. The molecule has 0 saturated carbocycles. The van der Waals surface area contributed by atoms with Crippen molar-refractivity contribution in [2.45, 2.75) is 0 Å². The average Bonchev–Trinajstić information content (AvgIpc) is 3.14. The molecule has 0 amide bonds. The lowest BCUT2D eigenvalue weighted by atomic mass is 9.84. The topological polar surface area (TPSA) is 99.1 Å². The molecule has 6 heteroatoms. The number of rotatable bonds is 4. The molecule has 0 N–H and O–H groups in total. The van der Waals surface area contributed by atoms with Crippen LogP contribution < -0.4 is 0 Å². The van der Waals surface area contributed by atoms with Crippen LogP contribution in [-0.4, -0.2) is 19.9 Å². The van der Waals surface area contributed by atoms with Crippen molar-refractivity contribution >= 4 is 32.3 Å². The fourth-order valence-electron chi connectivity index (χ4n) is 6.23. The monoisotopic (exact) mass is 586 g/mol. The standard InChI is InChI=1S/C40H22N6/c41-21-25-15-17-43-36(19-25)34-13-10-28(23-45-34)38-31-7-3-4-8-32(31)39(40-30-6-2-1-5-27(30)9-12-33(38)40)29-11-14-35(46-24-29)37-20-26(22-42)16-18-44-37/h1-20,23-24H. The maximum Gasteiger partial charge on any atom is 0.0992 e. The van der Waals surface area contributed by atoms with Crippen molar-refractivity contribution in [2.75, 3.05) is 0 Å². The molecule has 46 heavy (non-hydrogen) atoms. The number of benzene rings is 4. The molecule has 0 bridgehead atoms. The first-order valence-electron chi connectivity index (χ1n) is 14.7. The van der Waals surface area contributed by atoms with Gasteiger partial charge in [-0.3, -0.25) is 19.9 Å². The molecule has 4 heterocycles. The second kappa shape index (κ2) is 11.1. The van der Waals surface area contributed by atoms with Gasteiger partial charge in [-0.1, -0.05) is 72.8 Å². The summed E-state index contributed by atoms with van der Waals surface area (Å²) in [7, 11) is 0. The molecular weight excluding hydrogens is 564 g/mol. The predicted molar refractivity (Wildman–Crippen MR) is 181 cm³/mol. The van der Waals surface area contributed by atoms with E-state index in [1.807, 2.05) is 24.5 Å². The molecule has 8 rings (SSSR count). The number of fused-ring (bicyclic) bond motifs is 4. The summed E-state index contributed by atoms with van der Waals surface area (Å²) >= 11 is 0. The second-order valence-electron chi connectivity index (χ2n) is 11.0. The summed E-state index contributed by atoms with van der Waals surface area (Å²) < 4.78 is 0. The SMILES string of the molecule is N#Cc1ccnc(-c2ccc(-c3c4ccccc4c(-c4ccc(-c5cc(C#N)ccn5)nc4)c4c3ccc3ccccc34)cn2)c1. The van der Waals surface area contributed by atoms with Crippen LogP contribution in [0.2, 0.25) is 0 Å². The van der Waals surface area contributed by atoms with E-state index in [0.717, 1.165) is 54.6 Å². The highest BCUT2D eigenvalue weighted by Crippen LogP contribution is 2.46. The molecule has 0 atom stereocenters. The van der Waals surface area contributed by atoms with Crippen molar-refractivity contribution in [3.8, 4) is 57.2 Å². The lowest BCUT2D eigenvalue weighted by Gasteiger charge is -2.19. The molecule has 4 aromatic carbocycles. The molecule has 0 spiro atoms.